The van der Waals surface area contributed by atoms with Crippen LogP contribution in [0.4, 0.5) is 0 Å². The molecule has 0 atom stereocenters. The highest BCUT2D eigenvalue weighted by Crippen LogP contribution is 2.32. The summed E-state index contributed by atoms with van der Waals surface area (Å²) in [6.07, 6.45) is 10.2. The van der Waals surface area contributed by atoms with Gasteiger partial charge in [0.05, 0.1) is 0 Å². The molecular formula is C16H22. The summed E-state index contributed by atoms with van der Waals surface area (Å²) in [5.41, 5.74) is 1.51. The molecule has 86 valence electrons. The molecule has 0 N–H and O–H groups in total. The summed E-state index contributed by atoms with van der Waals surface area (Å²) in [6, 6.07) is 10.9. The Balaban J connectivity index is 1.79. The number of benzene rings is 1. The predicted octanol–water partition coefficient (Wildman–Crippen LogP) is 4.61. The molecule has 16 heavy (non-hydrogen) atoms. The van der Waals surface area contributed by atoms with Gasteiger partial charge in [-0.2, -0.15) is 0 Å². The fourth-order valence-corrected chi connectivity index (χ4v) is 2.85. The molecule has 0 saturated heterocycles. The molecule has 0 amide bonds. The van der Waals surface area contributed by atoms with Crippen LogP contribution in [0, 0.1) is 11.8 Å². The number of hydrogen-bond acceptors (Lipinski definition) is 0. The average Bonchev–Trinajstić information content (AvgIpc) is 2.33. The molecule has 0 heterocycles. The van der Waals surface area contributed by atoms with Gasteiger partial charge in [-0.1, -0.05) is 36.4 Å². The van der Waals surface area contributed by atoms with Crippen molar-refractivity contribution in [1.29, 1.82) is 0 Å². The van der Waals surface area contributed by atoms with E-state index in [0.29, 0.717) is 0 Å². The maximum Gasteiger partial charge on any atom is -0.0250 e. The second-order valence-electron chi connectivity index (χ2n) is 5.10. The standard InChI is InChI=1S/C16H22/c1-2-6-14-9-11-16(12-10-14)13-15-7-4-3-5-8-15/h2-5,7-8,14,16H,1,6,9-13H2. The summed E-state index contributed by atoms with van der Waals surface area (Å²) in [6.45, 7) is 3.84. The number of rotatable bonds is 4. The molecule has 0 bridgehead atoms. The van der Waals surface area contributed by atoms with Crippen LogP contribution in [0.15, 0.2) is 43.0 Å². The molecule has 0 radical (unpaired) electrons. The first-order chi connectivity index (χ1) is 7.88. The Morgan fingerprint density at radius 3 is 2.25 bits per heavy atom. The fourth-order valence-electron chi connectivity index (χ4n) is 2.85. The molecule has 0 spiro atoms. The molecule has 1 aliphatic carbocycles. The highest BCUT2D eigenvalue weighted by atomic mass is 14.3. The SMILES string of the molecule is C=CCC1CCC(Cc2ccccc2)CC1. The van der Waals surface area contributed by atoms with E-state index in [0.717, 1.165) is 11.8 Å². The van der Waals surface area contributed by atoms with Crippen LogP contribution in [-0.4, -0.2) is 0 Å². The van der Waals surface area contributed by atoms with Gasteiger partial charge in [-0.05, 0) is 55.9 Å². The zero-order chi connectivity index (χ0) is 11.2. The second kappa shape index (κ2) is 5.89. The maximum atomic E-state index is 3.84. The monoisotopic (exact) mass is 214 g/mol. The van der Waals surface area contributed by atoms with Crippen molar-refractivity contribution in [2.45, 2.75) is 38.5 Å². The summed E-state index contributed by atoms with van der Waals surface area (Å²) in [5.74, 6) is 1.84. The number of allylic oxidation sites excluding steroid dienone is 1. The predicted molar refractivity (Wildman–Crippen MR) is 70.4 cm³/mol. The van der Waals surface area contributed by atoms with Crippen molar-refractivity contribution in [3.05, 3.63) is 48.6 Å². The van der Waals surface area contributed by atoms with Gasteiger partial charge in [-0.3, -0.25) is 0 Å². The first kappa shape index (κ1) is 11.4. The molecule has 0 heteroatoms. The molecule has 1 fully saturated rings. The maximum absolute atomic E-state index is 3.84. The Bertz CT molecular complexity index is 304. The van der Waals surface area contributed by atoms with E-state index in [4.69, 9.17) is 0 Å². The van der Waals surface area contributed by atoms with Crippen LogP contribution in [0.25, 0.3) is 0 Å². The van der Waals surface area contributed by atoms with Crippen LogP contribution in [0.3, 0.4) is 0 Å². The van der Waals surface area contributed by atoms with Crippen LogP contribution < -0.4 is 0 Å². The second-order valence-corrected chi connectivity index (χ2v) is 5.10. The molecule has 0 aromatic heterocycles. The van der Waals surface area contributed by atoms with Crippen LogP contribution in [0.5, 0.6) is 0 Å². The Morgan fingerprint density at radius 2 is 1.62 bits per heavy atom. The lowest BCUT2D eigenvalue weighted by atomic mass is 9.78. The third-order valence-corrected chi connectivity index (χ3v) is 3.83. The fraction of sp³-hybridized carbons (Fsp3) is 0.500. The smallest absolute Gasteiger partial charge is 0.0250 e. The first-order valence-corrected chi connectivity index (χ1v) is 6.53. The lowest BCUT2D eigenvalue weighted by Gasteiger charge is -2.27. The van der Waals surface area contributed by atoms with Gasteiger partial charge in [-0.15, -0.1) is 6.58 Å². The van der Waals surface area contributed by atoms with Crippen LogP contribution >= 0.6 is 0 Å². The zero-order valence-corrected chi connectivity index (χ0v) is 10.1. The van der Waals surface area contributed by atoms with Gasteiger partial charge < -0.3 is 0 Å². The molecule has 2 rings (SSSR count). The van der Waals surface area contributed by atoms with E-state index < -0.39 is 0 Å². The van der Waals surface area contributed by atoms with E-state index in [1.807, 2.05) is 0 Å². The zero-order valence-electron chi connectivity index (χ0n) is 10.1. The van der Waals surface area contributed by atoms with E-state index in [-0.39, 0.29) is 0 Å². The average molecular weight is 214 g/mol. The quantitative estimate of drug-likeness (QED) is 0.642. The minimum Gasteiger partial charge on any atom is -0.103 e. The van der Waals surface area contributed by atoms with Crippen molar-refractivity contribution in [1.82, 2.24) is 0 Å². The van der Waals surface area contributed by atoms with E-state index in [2.05, 4.69) is 43.0 Å². The van der Waals surface area contributed by atoms with Crippen molar-refractivity contribution in [2.24, 2.45) is 11.8 Å². The summed E-state index contributed by atoms with van der Waals surface area (Å²) < 4.78 is 0. The molecule has 0 nitrogen and oxygen atoms in total. The highest BCUT2D eigenvalue weighted by molar-refractivity contribution is 5.15. The minimum atomic E-state index is 0.920. The largest absolute Gasteiger partial charge is 0.103 e. The summed E-state index contributed by atoms with van der Waals surface area (Å²) in [7, 11) is 0. The normalized spacial score (nSPS) is 25.2. The van der Waals surface area contributed by atoms with Gasteiger partial charge in [-0.25, -0.2) is 0 Å². The van der Waals surface area contributed by atoms with Gasteiger partial charge in [0.25, 0.3) is 0 Å². The van der Waals surface area contributed by atoms with Crippen LogP contribution in [-0.2, 0) is 6.42 Å². The highest BCUT2D eigenvalue weighted by Gasteiger charge is 2.20. The Labute approximate surface area is 99.4 Å². The van der Waals surface area contributed by atoms with Crippen molar-refractivity contribution in [3.8, 4) is 0 Å². The van der Waals surface area contributed by atoms with Crippen LogP contribution in [0.2, 0.25) is 0 Å². The molecule has 1 aromatic carbocycles. The Morgan fingerprint density at radius 1 is 1.00 bits per heavy atom. The lowest BCUT2D eigenvalue weighted by molar-refractivity contribution is 0.275. The summed E-state index contributed by atoms with van der Waals surface area (Å²) >= 11 is 0. The molecule has 1 aromatic rings. The van der Waals surface area contributed by atoms with Crippen LogP contribution in [0.1, 0.15) is 37.7 Å². The first-order valence-electron chi connectivity index (χ1n) is 6.53. The van der Waals surface area contributed by atoms with Crippen molar-refractivity contribution < 1.29 is 0 Å². The van der Waals surface area contributed by atoms with Gasteiger partial charge in [0.2, 0.25) is 0 Å². The van der Waals surface area contributed by atoms with Gasteiger partial charge >= 0.3 is 0 Å². The van der Waals surface area contributed by atoms with Gasteiger partial charge in [0.1, 0.15) is 0 Å². The number of hydrogen-bond donors (Lipinski definition) is 0. The summed E-state index contributed by atoms with van der Waals surface area (Å²) in [4.78, 5) is 0. The molecule has 0 unspecified atom stereocenters. The van der Waals surface area contributed by atoms with Crippen molar-refractivity contribution >= 4 is 0 Å². The van der Waals surface area contributed by atoms with E-state index in [9.17, 15) is 0 Å². The lowest BCUT2D eigenvalue weighted by Crippen LogP contribution is -2.15. The Hall–Kier alpha value is -1.04. The molecule has 0 aliphatic heterocycles. The summed E-state index contributed by atoms with van der Waals surface area (Å²) in [5, 5.41) is 0. The van der Waals surface area contributed by atoms with E-state index in [1.165, 1.54) is 44.1 Å². The van der Waals surface area contributed by atoms with Gasteiger partial charge in [0, 0.05) is 0 Å². The third-order valence-electron chi connectivity index (χ3n) is 3.83. The van der Waals surface area contributed by atoms with E-state index in [1.54, 1.807) is 0 Å². The minimum absolute atomic E-state index is 0.920. The topological polar surface area (TPSA) is 0 Å². The molecule has 1 aliphatic rings. The third kappa shape index (κ3) is 3.23. The van der Waals surface area contributed by atoms with E-state index >= 15 is 0 Å². The van der Waals surface area contributed by atoms with Crippen molar-refractivity contribution in [2.75, 3.05) is 0 Å². The van der Waals surface area contributed by atoms with Gasteiger partial charge in [0.15, 0.2) is 0 Å². The molecular weight excluding hydrogens is 192 g/mol. The molecule has 1 saturated carbocycles. The Kier molecular flexibility index (Phi) is 4.21. The van der Waals surface area contributed by atoms with Crippen molar-refractivity contribution in [3.63, 3.8) is 0 Å².